The van der Waals surface area contributed by atoms with Crippen molar-refractivity contribution < 1.29 is 8.42 Å². The highest BCUT2D eigenvalue weighted by molar-refractivity contribution is 7.88. The Balaban J connectivity index is 2.04. The molecule has 0 unspecified atom stereocenters. The Morgan fingerprint density at radius 2 is 1.92 bits per heavy atom. The van der Waals surface area contributed by atoms with E-state index in [-0.39, 0.29) is 5.92 Å². The Bertz CT molecular complexity index is 859. The number of nitrogens with zero attached hydrogens (tertiary/aromatic N) is 5. The van der Waals surface area contributed by atoms with Crippen LogP contribution in [-0.4, -0.2) is 51.8 Å². The molecule has 0 amide bonds. The van der Waals surface area contributed by atoms with Crippen LogP contribution >= 0.6 is 0 Å². The smallest absolute Gasteiger partial charge is 0.211 e. The van der Waals surface area contributed by atoms with Gasteiger partial charge in [0, 0.05) is 49.7 Å². The number of hydrogen-bond donors (Lipinski definition) is 0. The number of sulfonamides is 1. The molecule has 2 aromatic rings. The van der Waals surface area contributed by atoms with Gasteiger partial charge in [-0.2, -0.15) is 5.10 Å². The van der Waals surface area contributed by atoms with Crippen molar-refractivity contribution >= 4 is 10.0 Å². The van der Waals surface area contributed by atoms with Gasteiger partial charge in [0.2, 0.25) is 10.0 Å². The lowest BCUT2D eigenvalue weighted by molar-refractivity contribution is 0.314. The van der Waals surface area contributed by atoms with Crippen LogP contribution in [0.2, 0.25) is 0 Å². The Hall–Kier alpha value is -1.80. The molecule has 24 heavy (non-hydrogen) atoms. The van der Waals surface area contributed by atoms with Crippen LogP contribution in [0, 0.1) is 13.8 Å². The summed E-state index contributed by atoms with van der Waals surface area (Å²) in [6.07, 6.45) is 6.37. The van der Waals surface area contributed by atoms with Gasteiger partial charge in [-0.3, -0.25) is 14.6 Å². The maximum Gasteiger partial charge on any atom is 0.211 e. The van der Waals surface area contributed by atoms with E-state index in [0.29, 0.717) is 13.1 Å². The van der Waals surface area contributed by atoms with Crippen molar-refractivity contribution in [2.45, 2.75) is 32.6 Å². The Labute approximate surface area is 142 Å². The SMILES string of the molecule is Cc1nn(C)c(C)c1-c1nccnc1[C@@H]1CCCN(S(C)(=O)=O)C1. The highest BCUT2D eigenvalue weighted by Crippen LogP contribution is 2.34. The first-order chi connectivity index (χ1) is 11.3. The second-order valence-corrected chi connectivity index (χ2v) is 8.40. The standard InChI is InChI=1S/C16H23N5O2S/c1-11-14(12(2)20(3)19-11)16-15(17-7-8-18-16)13-6-5-9-21(10-13)24(4,22)23/h7-8,13H,5-6,9-10H2,1-4H3/t13-/m1/s1. The van der Waals surface area contributed by atoms with E-state index in [1.54, 1.807) is 16.7 Å². The molecular weight excluding hydrogens is 326 g/mol. The number of rotatable bonds is 3. The van der Waals surface area contributed by atoms with E-state index in [1.165, 1.54) is 6.26 Å². The van der Waals surface area contributed by atoms with Crippen LogP contribution in [0.15, 0.2) is 12.4 Å². The first kappa shape index (κ1) is 17.0. The largest absolute Gasteiger partial charge is 0.272 e. The van der Waals surface area contributed by atoms with Crippen LogP contribution in [0.3, 0.4) is 0 Å². The third-order valence-corrected chi connectivity index (χ3v) is 5.98. The minimum atomic E-state index is -3.19. The summed E-state index contributed by atoms with van der Waals surface area (Å²) in [5.74, 6) is 0.0520. The predicted octanol–water partition coefficient (Wildman–Crippen LogP) is 1.63. The molecule has 0 spiro atoms. The van der Waals surface area contributed by atoms with Gasteiger partial charge in [0.15, 0.2) is 0 Å². The molecular formula is C16H23N5O2S. The van der Waals surface area contributed by atoms with Crippen molar-refractivity contribution in [1.82, 2.24) is 24.1 Å². The molecule has 0 aromatic carbocycles. The van der Waals surface area contributed by atoms with Gasteiger partial charge in [-0.25, -0.2) is 12.7 Å². The zero-order valence-corrected chi connectivity index (χ0v) is 15.3. The molecule has 0 saturated carbocycles. The van der Waals surface area contributed by atoms with E-state index in [2.05, 4.69) is 15.1 Å². The Morgan fingerprint density at radius 3 is 2.54 bits per heavy atom. The molecule has 0 aliphatic carbocycles. The maximum absolute atomic E-state index is 11.9. The van der Waals surface area contributed by atoms with E-state index in [1.807, 2.05) is 25.6 Å². The van der Waals surface area contributed by atoms with Crippen molar-refractivity contribution in [3.63, 3.8) is 0 Å². The predicted molar refractivity (Wildman–Crippen MR) is 92.1 cm³/mol. The van der Waals surface area contributed by atoms with Gasteiger partial charge in [-0.05, 0) is 26.7 Å². The molecule has 1 fully saturated rings. The van der Waals surface area contributed by atoms with Crippen molar-refractivity contribution in [3.05, 3.63) is 29.5 Å². The quantitative estimate of drug-likeness (QED) is 0.841. The van der Waals surface area contributed by atoms with Crippen LogP contribution in [0.25, 0.3) is 11.3 Å². The summed E-state index contributed by atoms with van der Waals surface area (Å²) >= 11 is 0. The second kappa shape index (κ2) is 6.25. The van der Waals surface area contributed by atoms with Crippen LogP contribution in [0.1, 0.15) is 35.8 Å². The normalized spacial score (nSPS) is 19.6. The molecule has 1 aliphatic heterocycles. The molecule has 3 heterocycles. The lowest BCUT2D eigenvalue weighted by Crippen LogP contribution is -2.38. The number of aromatic nitrogens is 4. The summed E-state index contributed by atoms with van der Waals surface area (Å²) in [5, 5.41) is 4.47. The first-order valence-electron chi connectivity index (χ1n) is 8.05. The molecule has 1 aliphatic rings. The Morgan fingerprint density at radius 1 is 1.21 bits per heavy atom. The molecule has 3 rings (SSSR count). The Kier molecular flexibility index (Phi) is 4.44. The summed E-state index contributed by atoms with van der Waals surface area (Å²) in [7, 11) is -1.28. The average molecular weight is 349 g/mol. The third-order valence-electron chi connectivity index (χ3n) is 4.71. The van der Waals surface area contributed by atoms with Crippen molar-refractivity contribution in [2.75, 3.05) is 19.3 Å². The minimum absolute atomic E-state index is 0.0520. The lowest BCUT2D eigenvalue weighted by atomic mass is 9.92. The third kappa shape index (κ3) is 3.08. The maximum atomic E-state index is 11.9. The number of piperidine rings is 1. The fourth-order valence-electron chi connectivity index (χ4n) is 3.42. The first-order valence-corrected chi connectivity index (χ1v) is 9.90. The number of hydrogen-bond acceptors (Lipinski definition) is 5. The van der Waals surface area contributed by atoms with E-state index < -0.39 is 10.0 Å². The molecule has 2 aromatic heterocycles. The average Bonchev–Trinajstić information content (AvgIpc) is 2.79. The van der Waals surface area contributed by atoms with Crippen molar-refractivity contribution in [3.8, 4) is 11.3 Å². The fourth-order valence-corrected chi connectivity index (χ4v) is 4.33. The molecule has 1 atom stereocenters. The molecule has 8 heteroatoms. The molecule has 1 saturated heterocycles. The molecule has 7 nitrogen and oxygen atoms in total. The lowest BCUT2D eigenvalue weighted by Gasteiger charge is -2.31. The highest BCUT2D eigenvalue weighted by Gasteiger charge is 2.30. The van der Waals surface area contributed by atoms with E-state index >= 15 is 0 Å². The summed E-state index contributed by atoms with van der Waals surface area (Å²) in [6, 6.07) is 0. The van der Waals surface area contributed by atoms with Crippen LogP contribution in [0.4, 0.5) is 0 Å². The van der Waals surface area contributed by atoms with Crippen molar-refractivity contribution in [1.29, 1.82) is 0 Å². The zero-order chi connectivity index (χ0) is 17.5. The van der Waals surface area contributed by atoms with Gasteiger partial charge in [0.25, 0.3) is 0 Å². The summed E-state index contributed by atoms with van der Waals surface area (Å²) < 4.78 is 27.2. The van der Waals surface area contributed by atoms with Gasteiger partial charge in [0.05, 0.1) is 23.3 Å². The molecule has 0 radical (unpaired) electrons. The van der Waals surface area contributed by atoms with Crippen LogP contribution in [-0.2, 0) is 17.1 Å². The van der Waals surface area contributed by atoms with E-state index in [0.717, 1.165) is 41.2 Å². The molecule has 0 N–H and O–H groups in total. The van der Waals surface area contributed by atoms with Gasteiger partial charge in [0.1, 0.15) is 0 Å². The summed E-state index contributed by atoms with van der Waals surface area (Å²) in [6.45, 7) is 5.01. The zero-order valence-electron chi connectivity index (χ0n) is 14.5. The molecule has 130 valence electrons. The second-order valence-electron chi connectivity index (χ2n) is 6.42. The van der Waals surface area contributed by atoms with Gasteiger partial charge in [-0.15, -0.1) is 0 Å². The van der Waals surface area contributed by atoms with E-state index in [9.17, 15) is 8.42 Å². The summed E-state index contributed by atoms with van der Waals surface area (Å²) in [4.78, 5) is 9.13. The molecule has 0 bridgehead atoms. The van der Waals surface area contributed by atoms with Crippen molar-refractivity contribution in [2.24, 2.45) is 7.05 Å². The monoisotopic (exact) mass is 349 g/mol. The highest BCUT2D eigenvalue weighted by atomic mass is 32.2. The van der Waals surface area contributed by atoms with Crippen LogP contribution < -0.4 is 0 Å². The van der Waals surface area contributed by atoms with Gasteiger partial charge >= 0.3 is 0 Å². The van der Waals surface area contributed by atoms with Crippen LogP contribution in [0.5, 0.6) is 0 Å². The van der Waals surface area contributed by atoms with Gasteiger partial charge < -0.3 is 0 Å². The van der Waals surface area contributed by atoms with Gasteiger partial charge in [-0.1, -0.05) is 0 Å². The fraction of sp³-hybridized carbons (Fsp3) is 0.562. The topological polar surface area (TPSA) is 81.0 Å². The number of aryl methyl sites for hydroxylation is 2. The van der Waals surface area contributed by atoms with E-state index in [4.69, 9.17) is 0 Å². The summed E-state index contributed by atoms with van der Waals surface area (Å²) in [5.41, 5.74) is 4.63. The minimum Gasteiger partial charge on any atom is -0.272 e.